The number of rotatable bonds is 6. The molecule has 1 atom stereocenters. The second-order valence-corrected chi connectivity index (χ2v) is 10.4. The number of sulfonamides is 1. The lowest BCUT2D eigenvalue weighted by molar-refractivity contribution is 0.222. The molecule has 1 unspecified atom stereocenters. The van der Waals surface area contributed by atoms with Crippen LogP contribution in [0.15, 0.2) is 63.0 Å². The van der Waals surface area contributed by atoms with Crippen LogP contribution in [0.4, 0.5) is 0 Å². The van der Waals surface area contributed by atoms with Crippen molar-refractivity contribution in [2.24, 2.45) is 0 Å². The monoisotopic (exact) mass is 445 g/mol. The molecule has 0 N–H and O–H groups in total. The van der Waals surface area contributed by atoms with Crippen molar-refractivity contribution in [1.29, 1.82) is 0 Å². The highest BCUT2D eigenvalue weighted by Gasteiger charge is 2.28. The molecule has 0 bridgehead atoms. The van der Waals surface area contributed by atoms with Crippen LogP contribution in [0.2, 0.25) is 0 Å². The Morgan fingerprint density at radius 2 is 1.77 bits per heavy atom. The predicted octanol–water partition coefficient (Wildman–Crippen LogP) is 2.92. The van der Waals surface area contributed by atoms with Gasteiger partial charge < -0.3 is 9.32 Å². The van der Waals surface area contributed by atoms with Crippen LogP contribution < -0.4 is 0 Å². The Bertz CT molecular complexity index is 1080. The lowest BCUT2D eigenvalue weighted by Gasteiger charge is -2.31. The van der Waals surface area contributed by atoms with Gasteiger partial charge in [-0.25, -0.2) is 13.4 Å². The summed E-state index contributed by atoms with van der Waals surface area (Å²) in [6, 6.07) is 12.9. The Labute approximate surface area is 180 Å². The standard InChI is InChI=1S/C20H23N5O3S2/c1-15(19-22-23-20(28-19)16-6-4-3-5-7-16)29-18-9-8-17(14-21-18)30(26,27)25-12-10-24(2)11-13-25/h3-9,14-15H,10-13H2,1-2H3. The normalized spacial score (nSPS) is 17.1. The highest BCUT2D eigenvalue weighted by atomic mass is 32.2. The van der Waals surface area contributed by atoms with Crippen LogP contribution in [0.25, 0.3) is 11.5 Å². The molecule has 2 aromatic heterocycles. The van der Waals surface area contributed by atoms with E-state index < -0.39 is 10.0 Å². The molecule has 1 saturated heterocycles. The third-order valence-electron chi connectivity index (χ3n) is 4.92. The van der Waals surface area contributed by atoms with Gasteiger partial charge >= 0.3 is 0 Å². The summed E-state index contributed by atoms with van der Waals surface area (Å²) >= 11 is 1.44. The van der Waals surface area contributed by atoms with Crippen LogP contribution in [0.1, 0.15) is 18.1 Å². The maximum Gasteiger partial charge on any atom is 0.247 e. The topological polar surface area (TPSA) is 92.4 Å². The van der Waals surface area contributed by atoms with Gasteiger partial charge in [0.25, 0.3) is 0 Å². The van der Waals surface area contributed by atoms with E-state index in [1.165, 1.54) is 22.3 Å². The summed E-state index contributed by atoms with van der Waals surface area (Å²) in [7, 11) is -1.53. The van der Waals surface area contributed by atoms with Crippen LogP contribution in [-0.4, -0.2) is 66.0 Å². The van der Waals surface area contributed by atoms with Crippen LogP contribution in [0.3, 0.4) is 0 Å². The van der Waals surface area contributed by atoms with Crippen molar-refractivity contribution in [1.82, 2.24) is 24.4 Å². The summed E-state index contributed by atoms with van der Waals surface area (Å²) in [5.41, 5.74) is 0.866. The molecule has 0 radical (unpaired) electrons. The molecular weight excluding hydrogens is 422 g/mol. The zero-order chi connectivity index (χ0) is 21.1. The van der Waals surface area contributed by atoms with Gasteiger partial charge in [0.1, 0.15) is 4.90 Å². The average molecular weight is 446 g/mol. The molecule has 1 aliphatic heterocycles. The van der Waals surface area contributed by atoms with Gasteiger partial charge in [0.2, 0.25) is 21.8 Å². The number of aromatic nitrogens is 3. The summed E-state index contributed by atoms with van der Waals surface area (Å²) < 4.78 is 32.9. The van der Waals surface area contributed by atoms with E-state index in [-0.39, 0.29) is 10.1 Å². The third kappa shape index (κ3) is 4.56. The van der Waals surface area contributed by atoms with E-state index in [9.17, 15) is 8.42 Å². The first-order chi connectivity index (χ1) is 14.4. The quantitative estimate of drug-likeness (QED) is 0.535. The van der Waals surface area contributed by atoms with Gasteiger partial charge in [0, 0.05) is 37.9 Å². The fourth-order valence-electron chi connectivity index (χ4n) is 3.09. The Hall–Kier alpha value is -2.27. The Kier molecular flexibility index (Phi) is 6.19. The van der Waals surface area contributed by atoms with Crippen molar-refractivity contribution in [2.75, 3.05) is 33.2 Å². The van der Waals surface area contributed by atoms with E-state index in [4.69, 9.17) is 4.42 Å². The highest BCUT2D eigenvalue weighted by Crippen LogP contribution is 2.34. The summed E-state index contributed by atoms with van der Waals surface area (Å²) in [5, 5.41) is 8.83. The molecule has 0 saturated carbocycles. The predicted molar refractivity (Wildman–Crippen MR) is 114 cm³/mol. The minimum Gasteiger partial charge on any atom is -0.419 e. The number of piperazine rings is 1. The first-order valence-electron chi connectivity index (χ1n) is 9.64. The van der Waals surface area contributed by atoms with Crippen molar-refractivity contribution >= 4 is 21.8 Å². The van der Waals surface area contributed by atoms with Crippen LogP contribution in [0, 0.1) is 0 Å². The second-order valence-electron chi connectivity index (χ2n) is 7.11. The summed E-state index contributed by atoms with van der Waals surface area (Å²) in [5.74, 6) is 0.967. The van der Waals surface area contributed by atoms with E-state index in [2.05, 4.69) is 20.1 Å². The first-order valence-corrected chi connectivity index (χ1v) is 12.0. The van der Waals surface area contributed by atoms with Gasteiger partial charge in [-0.2, -0.15) is 4.31 Å². The van der Waals surface area contributed by atoms with Crippen molar-refractivity contribution in [3.63, 3.8) is 0 Å². The molecule has 1 aromatic carbocycles. The number of hydrogen-bond donors (Lipinski definition) is 0. The lowest BCUT2D eigenvalue weighted by atomic mass is 10.2. The molecule has 0 aliphatic carbocycles. The zero-order valence-electron chi connectivity index (χ0n) is 16.8. The second kappa shape index (κ2) is 8.84. The zero-order valence-corrected chi connectivity index (χ0v) is 18.4. The van der Waals surface area contributed by atoms with Gasteiger partial charge in [-0.3, -0.25) is 0 Å². The number of thioether (sulfide) groups is 1. The Balaban J connectivity index is 1.43. The van der Waals surface area contributed by atoms with Gasteiger partial charge in [0.05, 0.1) is 10.3 Å². The van der Waals surface area contributed by atoms with Crippen molar-refractivity contribution < 1.29 is 12.8 Å². The molecular formula is C20H23N5O3S2. The largest absolute Gasteiger partial charge is 0.419 e. The summed E-state index contributed by atoms with van der Waals surface area (Å²) in [4.78, 5) is 6.68. The number of nitrogens with zero attached hydrogens (tertiary/aromatic N) is 5. The van der Waals surface area contributed by atoms with Gasteiger partial charge in [-0.05, 0) is 38.2 Å². The van der Waals surface area contributed by atoms with Gasteiger partial charge in [0.15, 0.2) is 0 Å². The van der Waals surface area contributed by atoms with E-state index in [1.807, 2.05) is 44.3 Å². The molecule has 10 heteroatoms. The molecule has 0 amide bonds. The van der Waals surface area contributed by atoms with Gasteiger partial charge in [-0.15, -0.1) is 10.2 Å². The van der Waals surface area contributed by atoms with E-state index in [0.29, 0.717) is 29.9 Å². The Morgan fingerprint density at radius 1 is 1.03 bits per heavy atom. The fourth-order valence-corrected chi connectivity index (χ4v) is 5.28. The van der Waals surface area contributed by atoms with Crippen molar-refractivity contribution in [2.45, 2.75) is 22.1 Å². The van der Waals surface area contributed by atoms with Crippen LogP contribution in [-0.2, 0) is 10.0 Å². The fraction of sp³-hybridized carbons (Fsp3) is 0.350. The van der Waals surface area contributed by atoms with E-state index in [0.717, 1.165) is 18.7 Å². The summed E-state index contributed by atoms with van der Waals surface area (Å²) in [6.07, 6.45) is 1.42. The SMILES string of the molecule is CC(Sc1ccc(S(=O)(=O)N2CCN(C)CC2)cn1)c1nnc(-c2ccccc2)o1. The molecule has 158 valence electrons. The molecule has 1 aliphatic rings. The number of hydrogen-bond acceptors (Lipinski definition) is 8. The number of benzene rings is 1. The minimum atomic E-state index is -3.52. The van der Waals surface area contributed by atoms with Gasteiger partial charge in [-0.1, -0.05) is 30.0 Å². The van der Waals surface area contributed by atoms with E-state index in [1.54, 1.807) is 12.1 Å². The number of pyridine rings is 1. The molecule has 3 aromatic rings. The van der Waals surface area contributed by atoms with E-state index >= 15 is 0 Å². The summed E-state index contributed by atoms with van der Waals surface area (Å²) in [6.45, 7) is 4.39. The maximum atomic E-state index is 12.8. The molecule has 30 heavy (non-hydrogen) atoms. The van der Waals surface area contributed by atoms with Crippen molar-refractivity contribution in [3.05, 3.63) is 54.6 Å². The minimum absolute atomic E-state index is 0.123. The molecule has 0 spiro atoms. The third-order valence-corrected chi connectivity index (χ3v) is 7.84. The molecule has 1 fully saturated rings. The highest BCUT2D eigenvalue weighted by molar-refractivity contribution is 7.99. The van der Waals surface area contributed by atoms with Crippen LogP contribution >= 0.6 is 11.8 Å². The maximum absolute atomic E-state index is 12.8. The smallest absolute Gasteiger partial charge is 0.247 e. The average Bonchev–Trinajstić information content (AvgIpc) is 3.26. The Morgan fingerprint density at radius 3 is 2.43 bits per heavy atom. The van der Waals surface area contributed by atoms with Crippen LogP contribution in [0.5, 0.6) is 0 Å². The number of likely N-dealkylation sites (N-methyl/N-ethyl adjacent to an activating group) is 1. The first kappa shape index (κ1) is 21.0. The lowest BCUT2D eigenvalue weighted by Crippen LogP contribution is -2.47. The molecule has 4 rings (SSSR count). The molecule has 8 nitrogen and oxygen atoms in total. The molecule has 3 heterocycles. The van der Waals surface area contributed by atoms with Crippen molar-refractivity contribution in [3.8, 4) is 11.5 Å².